The van der Waals surface area contributed by atoms with E-state index in [2.05, 4.69) is 0 Å². The summed E-state index contributed by atoms with van der Waals surface area (Å²) in [5.41, 5.74) is 1.13. The molecule has 0 atom stereocenters. The second-order valence-corrected chi connectivity index (χ2v) is 4.59. The van der Waals surface area contributed by atoms with Crippen molar-refractivity contribution in [2.45, 2.75) is 26.4 Å². The number of ketones is 1. The first kappa shape index (κ1) is 14.3. The number of benzene rings is 2. The second-order valence-electron chi connectivity index (χ2n) is 4.59. The third kappa shape index (κ3) is 3.67. The van der Waals surface area contributed by atoms with Gasteiger partial charge in [-0.3, -0.25) is 4.79 Å². The summed E-state index contributed by atoms with van der Waals surface area (Å²) in [6, 6.07) is 14.0. The van der Waals surface area contributed by atoms with Crippen LogP contribution in [0.3, 0.4) is 0 Å². The van der Waals surface area contributed by atoms with Gasteiger partial charge in [0.05, 0.1) is 5.56 Å². The van der Waals surface area contributed by atoms with E-state index < -0.39 is 5.82 Å². The van der Waals surface area contributed by atoms with Crippen LogP contribution < -0.4 is 4.74 Å². The fourth-order valence-corrected chi connectivity index (χ4v) is 1.91. The summed E-state index contributed by atoms with van der Waals surface area (Å²) >= 11 is 0. The molecule has 0 N–H and O–H groups in total. The molecule has 0 radical (unpaired) electrons. The number of halogens is 1. The topological polar surface area (TPSA) is 26.3 Å². The quantitative estimate of drug-likeness (QED) is 0.729. The summed E-state index contributed by atoms with van der Waals surface area (Å²) in [5.74, 6) is -0.166. The Morgan fingerprint density at radius 1 is 1.15 bits per heavy atom. The molecule has 0 aliphatic rings. The van der Waals surface area contributed by atoms with E-state index in [0.29, 0.717) is 25.2 Å². The summed E-state index contributed by atoms with van der Waals surface area (Å²) < 4.78 is 19.2. The van der Waals surface area contributed by atoms with Gasteiger partial charge in [0.1, 0.15) is 18.2 Å². The summed E-state index contributed by atoms with van der Waals surface area (Å²) in [6.45, 7) is 2.29. The van der Waals surface area contributed by atoms with E-state index in [1.165, 1.54) is 12.1 Å². The van der Waals surface area contributed by atoms with Crippen molar-refractivity contribution in [1.29, 1.82) is 0 Å². The number of ether oxygens (including phenoxy) is 1. The van der Waals surface area contributed by atoms with Crippen molar-refractivity contribution in [3.63, 3.8) is 0 Å². The van der Waals surface area contributed by atoms with E-state index in [1.54, 1.807) is 6.07 Å². The maximum Gasteiger partial charge on any atom is 0.165 e. The highest BCUT2D eigenvalue weighted by Crippen LogP contribution is 2.20. The van der Waals surface area contributed by atoms with Crippen LogP contribution >= 0.6 is 0 Å². The van der Waals surface area contributed by atoms with Crippen molar-refractivity contribution in [2.24, 2.45) is 0 Å². The Morgan fingerprint density at radius 3 is 2.60 bits per heavy atom. The van der Waals surface area contributed by atoms with Crippen molar-refractivity contribution in [2.75, 3.05) is 0 Å². The minimum Gasteiger partial charge on any atom is -0.489 e. The van der Waals surface area contributed by atoms with Gasteiger partial charge in [0.2, 0.25) is 0 Å². The van der Waals surface area contributed by atoms with Crippen LogP contribution in [-0.4, -0.2) is 5.78 Å². The average Bonchev–Trinajstić information content (AvgIpc) is 2.47. The van der Waals surface area contributed by atoms with E-state index in [9.17, 15) is 9.18 Å². The molecule has 104 valence electrons. The minimum atomic E-state index is -0.490. The molecule has 0 aliphatic carbocycles. The molecule has 2 aromatic rings. The van der Waals surface area contributed by atoms with Gasteiger partial charge < -0.3 is 4.74 Å². The summed E-state index contributed by atoms with van der Waals surface area (Å²) in [6.07, 6.45) is 1.05. The molecule has 0 bridgehead atoms. The van der Waals surface area contributed by atoms with Gasteiger partial charge in [0.25, 0.3) is 0 Å². The first-order valence-corrected chi connectivity index (χ1v) is 6.70. The van der Waals surface area contributed by atoms with Gasteiger partial charge in [-0.1, -0.05) is 37.3 Å². The predicted octanol–water partition coefficient (Wildman–Crippen LogP) is 4.39. The molecule has 3 heteroatoms. The summed E-state index contributed by atoms with van der Waals surface area (Å²) in [5, 5.41) is 0. The van der Waals surface area contributed by atoms with Gasteiger partial charge in [-0.2, -0.15) is 0 Å². The molecule has 0 aliphatic heterocycles. The monoisotopic (exact) mass is 272 g/mol. The number of carbonyl (C=O) groups is 1. The lowest BCUT2D eigenvalue weighted by Gasteiger charge is -2.08. The molecule has 20 heavy (non-hydrogen) atoms. The lowest BCUT2D eigenvalue weighted by atomic mass is 10.1. The van der Waals surface area contributed by atoms with Crippen molar-refractivity contribution in [3.8, 4) is 5.75 Å². The maximum absolute atomic E-state index is 13.6. The molecule has 2 nitrogen and oxygen atoms in total. The van der Waals surface area contributed by atoms with Gasteiger partial charge in [0, 0.05) is 6.42 Å². The van der Waals surface area contributed by atoms with Gasteiger partial charge >= 0.3 is 0 Å². The second kappa shape index (κ2) is 6.85. The van der Waals surface area contributed by atoms with Crippen LogP contribution in [0.15, 0.2) is 48.5 Å². The zero-order chi connectivity index (χ0) is 14.4. The smallest absolute Gasteiger partial charge is 0.165 e. The molecular formula is C17H17FO2. The first-order valence-electron chi connectivity index (χ1n) is 6.70. The van der Waals surface area contributed by atoms with E-state index in [4.69, 9.17) is 4.74 Å². The van der Waals surface area contributed by atoms with Crippen LogP contribution in [0.25, 0.3) is 0 Å². The van der Waals surface area contributed by atoms with Crippen molar-refractivity contribution in [1.82, 2.24) is 0 Å². The van der Waals surface area contributed by atoms with Gasteiger partial charge in [-0.15, -0.1) is 0 Å². The number of Topliss-reactive ketones (excluding diaryl/α,β-unsaturated/α-hetero) is 1. The lowest BCUT2D eigenvalue weighted by Crippen LogP contribution is -2.03. The Balaban J connectivity index is 2.09. The highest BCUT2D eigenvalue weighted by Gasteiger charge is 2.12. The van der Waals surface area contributed by atoms with Crippen LogP contribution in [0.5, 0.6) is 5.75 Å². The van der Waals surface area contributed by atoms with E-state index in [0.717, 1.165) is 5.56 Å². The number of carbonyl (C=O) groups excluding carboxylic acids is 1. The first-order chi connectivity index (χ1) is 9.70. The van der Waals surface area contributed by atoms with Crippen molar-refractivity contribution in [3.05, 3.63) is 65.5 Å². The number of hydrogen-bond donors (Lipinski definition) is 0. The maximum atomic E-state index is 13.6. The molecule has 0 fully saturated rings. The summed E-state index contributed by atoms with van der Waals surface area (Å²) in [7, 11) is 0. The van der Waals surface area contributed by atoms with Crippen LogP contribution in [-0.2, 0) is 6.61 Å². The SMILES string of the molecule is CCCC(=O)c1cc(OCc2ccccc2)ccc1F. The molecular weight excluding hydrogens is 255 g/mol. The zero-order valence-electron chi connectivity index (χ0n) is 11.4. The Kier molecular flexibility index (Phi) is 4.88. The normalized spacial score (nSPS) is 10.3. The molecule has 0 saturated carbocycles. The van der Waals surface area contributed by atoms with Crippen molar-refractivity contribution >= 4 is 5.78 Å². The third-order valence-electron chi connectivity index (χ3n) is 2.96. The number of hydrogen-bond acceptors (Lipinski definition) is 2. The summed E-state index contributed by atoms with van der Waals surface area (Å²) in [4.78, 5) is 11.8. The van der Waals surface area contributed by atoms with E-state index in [1.807, 2.05) is 37.3 Å². The minimum absolute atomic E-state index is 0.109. The van der Waals surface area contributed by atoms with Crippen molar-refractivity contribution < 1.29 is 13.9 Å². The molecule has 2 rings (SSSR count). The van der Waals surface area contributed by atoms with Crippen LogP contribution in [0.4, 0.5) is 4.39 Å². The van der Waals surface area contributed by atoms with Gasteiger partial charge in [-0.25, -0.2) is 4.39 Å². The fraction of sp³-hybridized carbons (Fsp3) is 0.235. The highest BCUT2D eigenvalue weighted by atomic mass is 19.1. The molecule has 2 aromatic carbocycles. The largest absolute Gasteiger partial charge is 0.489 e. The van der Waals surface area contributed by atoms with Crippen LogP contribution in [0.2, 0.25) is 0 Å². The zero-order valence-corrected chi connectivity index (χ0v) is 11.4. The third-order valence-corrected chi connectivity index (χ3v) is 2.96. The van der Waals surface area contributed by atoms with E-state index in [-0.39, 0.29) is 11.3 Å². The Morgan fingerprint density at radius 2 is 1.90 bits per heavy atom. The van der Waals surface area contributed by atoms with Crippen LogP contribution in [0, 0.1) is 5.82 Å². The van der Waals surface area contributed by atoms with E-state index >= 15 is 0 Å². The molecule has 0 unspecified atom stereocenters. The Labute approximate surface area is 118 Å². The number of rotatable bonds is 6. The fourth-order valence-electron chi connectivity index (χ4n) is 1.91. The molecule has 0 spiro atoms. The van der Waals surface area contributed by atoms with Crippen LogP contribution in [0.1, 0.15) is 35.7 Å². The Hall–Kier alpha value is -2.16. The Bertz CT molecular complexity index is 579. The predicted molar refractivity (Wildman–Crippen MR) is 76.4 cm³/mol. The molecule has 0 heterocycles. The lowest BCUT2D eigenvalue weighted by molar-refractivity contribution is 0.0977. The highest BCUT2D eigenvalue weighted by molar-refractivity contribution is 5.96. The molecule has 0 aromatic heterocycles. The molecule has 0 amide bonds. The average molecular weight is 272 g/mol. The molecule has 0 saturated heterocycles. The standard InChI is InChI=1S/C17H17FO2/c1-2-6-17(19)15-11-14(9-10-16(15)18)20-12-13-7-4-3-5-8-13/h3-5,7-11H,2,6,12H2,1H3. The van der Waals surface area contributed by atoms with Gasteiger partial charge in [-0.05, 0) is 30.2 Å². The van der Waals surface area contributed by atoms with Gasteiger partial charge in [0.15, 0.2) is 5.78 Å².